The maximum Gasteiger partial charge on any atom is 0.0461 e. The molecule has 0 aliphatic carbocycles. The van der Waals surface area contributed by atoms with E-state index in [0.29, 0.717) is 5.92 Å². The third-order valence-electron chi connectivity index (χ3n) is 10.3. The summed E-state index contributed by atoms with van der Waals surface area (Å²) >= 11 is 0. The van der Waals surface area contributed by atoms with Crippen molar-refractivity contribution < 1.29 is 0 Å². The minimum atomic E-state index is 0.277. The molecule has 0 heterocycles. The van der Waals surface area contributed by atoms with E-state index in [2.05, 4.69) is 197 Å². The van der Waals surface area contributed by atoms with Crippen molar-refractivity contribution in [2.45, 2.75) is 86.0 Å². The van der Waals surface area contributed by atoms with Gasteiger partial charge in [0.2, 0.25) is 0 Å². The molecular weight excluding hydrogens is 629 g/mol. The fraction of sp³-hybridized carbons (Fsp3) is 0.280. The highest BCUT2D eigenvalue weighted by molar-refractivity contribution is 5.78. The Hall–Kier alpha value is -5.08. The molecule has 0 N–H and O–H groups in total. The molecule has 6 rings (SSSR count). The predicted octanol–water partition coefficient (Wildman–Crippen LogP) is 14.7. The Morgan fingerprint density at radius 3 is 0.923 bits per heavy atom. The van der Waals surface area contributed by atoms with Crippen LogP contribution in [0.5, 0.6) is 0 Å². The van der Waals surface area contributed by atoms with E-state index in [-0.39, 0.29) is 5.92 Å². The lowest BCUT2D eigenvalue weighted by atomic mass is 9.82. The van der Waals surface area contributed by atoms with Crippen LogP contribution in [0.3, 0.4) is 0 Å². The summed E-state index contributed by atoms with van der Waals surface area (Å²) in [4.78, 5) is 4.75. The summed E-state index contributed by atoms with van der Waals surface area (Å²) in [5.41, 5.74) is 15.0. The van der Waals surface area contributed by atoms with Gasteiger partial charge in [0, 0.05) is 40.0 Å². The zero-order chi connectivity index (χ0) is 36.5. The molecule has 0 saturated heterocycles. The van der Waals surface area contributed by atoms with Gasteiger partial charge in [-0.05, 0) is 140 Å². The van der Waals surface area contributed by atoms with Gasteiger partial charge in [-0.25, -0.2) is 0 Å². The molecule has 0 atom stereocenters. The molecule has 0 aliphatic heterocycles. The highest BCUT2D eigenvalue weighted by Crippen LogP contribution is 2.40. The third-order valence-corrected chi connectivity index (χ3v) is 10.3. The van der Waals surface area contributed by atoms with Crippen molar-refractivity contribution in [1.29, 1.82) is 0 Å². The predicted molar refractivity (Wildman–Crippen MR) is 226 cm³/mol. The highest BCUT2D eigenvalue weighted by Gasteiger charge is 2.21. The number of nitrogens with zero attached hydrogens (tertiary/aromatic N) is 2. The topological polar surface area (TPSA) is 6.48 Å². The van der Waals surface area contributed by atoms with E-state index >= 15 is 0 Å². The van der Waals surface area contributed by atoms with Crippen LogP contribution in [-0.4, -0.2) is 0 Å². The van der Waals surface area contributed by atoms with Gasteiger partial charge in [0.1, 0.15) is 0 Å². The van der Waals surface area contributed by atoms with Crippen molar-refractivity contribution >= 4 is 34.1 Å². The van der Waals surface area contributed by atoms with Crippen LogP contribution in [0, 0.1) is 19.8 Å². The summed E-state index contributed by atoms with van der Waals surface area (Å²) in [5, 5.41) is 0. The number of unbranched alkanes of at least 4 members (excludes halogenated alkanes) is 2. The Balaban J connectivity index is 1.30. The summed E-state index contributed by atoms with van der Waals surface area (Å²) < 4.78 is 0. The van der Waals surface area contributed by atoms with Crippen molar-refractivity contribution in [2.75, 3.05) is 9.80 Å². The van der Waals surface area contributed by atoms with Crippen LogP contribution in [0.15, 0.2) is 146 Å². The van der Waals surface area contributed by atoms with Gasteiger partial charge >= 0.3 is 0 Å². The van der Waals surface area contributed by atoms with Crippen LogP contribution in [0.4, 0.5) is 34.1 Å². The molecule has 0 amide bonds. The first-order valence-electron chi connectivity index (χ1n) is 19.5. The van der Waals surface area contributed by atoms with Crippen molar-refractivity contribution in [1.82, 2.24) is 0 Å². The molecule has 266 valence electrons. The molecule has 0 fully saturated rings. The minimum absolute atomic E-state index is 0.277. The van der Waals surface area contributed by atoms with E-state index in [1.54, 1.807) is 0 Å². The van der Waals surface area contributed by atoms with Crippen LogP contribution in [-0.2, 0) is 12.8 Å². The molecule has 6 aromatic rings. The van der Waals surface area contributed by atoms with Crippen LogP contribution in [0.25, 0.3) is 0 Å². The lowest BCUT2D eigenvalue weighted by molar-refractivity contribution is 0.564. The van der Waals surface area contributed by atoms with E-state index in [4.69, 9.17) is 0 Å². The maximum atomic E-state index is 2.38. The lowest BCUT2D eigenvalue weighted by Crippen LogP contribution is -2.13. The van der Waals surface area contributed by atoms with Crippen LogP contribution >= 0.6 is 0 Å². The Labute approximate surface area is 313 Å². The molecule has 0 aromatic heterocycles. The quantitative estimate of drug-likeness (QED) is 0.106. The smallest absolute Gasteiger partial charge is 0.0461 e. The first kappa shape index (κ1) is 36.7. The van der Waals surface area contributed by atoms with Crippen LogP contribution < -0.4 is 9.80 Å². The van der Waals surface area contributed by atoms with E-state index in [1.165, 1.54) is 93.2 Å². The van der Waals surface area contributed by atoms with Gasteiger partial charge in [-0.2, -0.15) is 0 Å². The molecule has 2 nitrogen and oxygen atoms in total. The largest absolute Gasteiger partial charge is 0.311 e. The van der Waals surface area contributed by atoms with Crippen molar-refractivity contribution in [3.8, 4) is 0 Å². The average molecular weight is 685 g/mol. The number of rotatable bonds is 15. The van der Waals surface area contributed by atoms with Gasteiger partial charge in [-0.1, -0.05) is 124 Å². The standard InChI is InChI=1S/C50H56N2/c1-7-9-11-40-17-29-46(30-18-40)51(44-25-13-38(5)14-26-44)48-33-21-42(22-34-48)50(37(3)4)43-23-35-49(36-24-43)52(45-27-15-39(6)16-28-45)47-31-19-41(20-32-47)12-10-8-2/h13-37,50H,7-12H2,1-6H3. The van der Waals surface area contributed by atoms with Crippen LogP contribution in [0.1, 0.15) is 92.7 Å². The van der Waals surface area contributed by atoms with Crippen molar-refractivity contribution in [3.63, 3.8) is 0 Å². The zero-order valence-corrected chi connectivity index (χ0v) is 32.1. The molecule has 0 unspecified atom stereocenters. The molecule has 0 aliphatic rings. The van der Waals surface area contributed by atoms with Crippen LogP contribution in [0.2, 0.25) is 0 Å². The summed E-state index contributed by atoms with van der Waals surface area (Å²) in [6.45, 7) is 13.5. The SMILES string of the molecule is CCCCc1ccc(N(c2ccc(C)cc2)c2ccc(C(c3ccc(N(c4ccc(C)cc4)c4ccc(CCCC)cc4)cc3)C(C)C)cc2)cc1. The van der Waals surface area contributed by atoms with Crippen molar-refractivity contribution in [3.05, 3.63) is 179 Å². The van der Waals surface area contributed by atoms with Gasteiger partial charge in [0.05, 0.1) is 0 Å². The first-order valence-corrected chi connectivity index (χ1v) is 19.5. The Kier molecular flexibility index (Phi) is 12.3. The third kappa shape index (κ3) is 8.86. The van der Waals surface area contributed by atoms with E-state index < -0.39 is 0 Å². The monoisotopic (exact) mass is 684 g/mol. The molecule has 6 aromatic carbocycles. The Morgan fingerprint density at radius 2 is 0.654 bits per heavy atom. The fourth-order valence-corrected chi connectivity index (χ4v) is 7.29. The number of aryl methyl sites for hydroxylation is 4. The number of hydrogen-bond acceptors (Lipinski definition) is 2. The first-order chi connectivity index (χ1) is 25.3. The normalized spacial score (nSPS) is 11.3. The second-order valence-electron chi connectivity index (χ2n) is 14.8. The molecule has 52 heavy (non-hydrogen) atoms. The molecule has 0 saturated carbocycles. The number of benzene rings is 6. The lowest BCUT2D eigenvalue weighted by Gasteiger charge is -2.28. The summed E-state index contributed by atoms with van der Waals surface area (Å²) in [6.07, 6.45) is 7.13. The number of hydrogen-bond donors (Lipinski definition) is 0. The van der Waals surface area contributed by atoms with E-state index in [1.807, 2.05) is 0 Å². The second kappa shape index (κ2) is 17.4. The molecule has 0 bridgehead atoms. The summed E-state index contributed by atoms with van der Waals surface area (Å²) in [6, 6.07) is 54.5. The van der Waals surface area contributed by atoms with E-state index in [0.717, 1.165) is 12.8 Å². The van der Waals surface area contributed by atoms with Gasteiger partial charge < -0.3 is 9.80 Å². The average Bonchev–Trinajstić information content (AvgIpc) is 3.17. The minimum Gasteiger partial charge on any atom is -0.311 e. The van der Waals surface area contributed by atoms with E-state index in [9.17, 15) is 0 Å². The molecule has 0 radical (unpaired) electrons. The molecular formula is C50H56N2. The second-order valence-corrected chi connectivity index (χ2v) is 14.8. The van der Waals surface area contributed by atoms with Gasteiger partial charge in [-0.3, -0.25) is 0 Å². The maximum absolute atomic E-state index is 2.38. The number of anilines is 6. The Bertz CT molecular complexity index is 1810. The van der Waals surface area contributed by atoms with Gasteiger partial charge in [0.25, 0.3) is 0 Å². The molecule has 2 heteroatoms. The Morgan fingerprint density at radius 1 is 0.385 bits per heavy atom. The molecule has 0 spiro atoms. The summed E-state index contributed by atoms with van der Waals surface area (Å²) in [5.74, 6) is 0.712. The summed E-state index contributed by atoms with van der Waals surface area (Å²) in [7, 11) is 0. The highest BCUT2D eigenvalue weighted by atomic mass is 15.1. The fourth-order valence-electron chi connectivity index (χ4n) is 7.29. The van der Waals surface area contributed by atoms with Crippen molar-refractivity contribution in [2.24, 2.45) is 5.92 Å². The van der Waals surface area contributed by atoms with Gasteiger partial charge in [-0.15, -0.1) is 0 Å². The zero-order valence-electron chi connectivity index (χ0n) is 32.1. The van der Waals surface area contributed by atoms with Gasteiger partial charge in [0.15, 0.2) is 0 Å².